The Morgan fingerprint density at radius 3 is 2.74 bits per heavy atom. The Hall–Kier alpha value is -0.610. The predicted octanol–water partition coefficient (Wildman–Crippen LogP) is 1.40. The second-order valence-corrected chi connectivity index (χ2v) is 7.18. The lowest BCUT2D eigenvalue weighted by Gasteiger charge is -2.55. The number of hydrogen-bond donors (Lipinski definition) is 1. The van der Waals surface area contributed by atoms with Gasteiger partial charge in [0.15, 0.2) is 0 Å². The predicted molar refractivity (Wildman–Crippen MR) is 73.8 cm³/mol. The Kier molecular flexibility index (Phi) is 3.13. The van der Waals surface area contributed by atoms with Crippen molar-refractivity contribution in [3.8, 4) is 0 Å². The van der Waals surface area contributed by atoms with Crippen LogP contribution in [0.1, 0.15) is 40.5 Å². The van der Waals surface area contributed by atoms with Gasteiger partial charge in [-0.1, -0.05) is 13.8 Å². The Morgan fingerprint density at radius 1 is 1.37 bits per heavy atom. The Bertz CT molecular complexity index is 380. The van der Waals surface area contributed by atoms with Gasteiger partial charge in [0.05, 0.1) is 12.1 Å². The molecule has 0 aromatic carbocycles. The minimum Gasteiger partial charge on any atom is -0.377 e. The van der Waals surface area contributed by atoms with Gasteiger partial charge in [-0.2, -0.15) is 0 Å². The van der Waals surface area contributed by atoms with Gasteiger partial charge in [-0.3, -0.25) is 4.79 Å². The largest absolute Gasteiger partial charge is 0.377 e. The van der Waals surface area contributed by atoms with Crippen LogP contribution in [0.4, 0.5) is 0 Å². The number of ether oxygens (including phenoxy) is 1. The van der Waals surface area contributed by atoms with Crippen molar-refractivity contribution in [3.05, 3.63) is 0 Å². The first-order valence-corrected chi connectivity index (χ1v) is 7.61. The zero-order chi connectivity index (χ0) is 13.8. The molecule has 1 amide bonds. The second kappa shape index (κ2) is 4.45. The van der Waals surface area contributed by atoms with Crippen molar-refractivity contribution in [2.75, 3.05) is 13.2 Å². The molecular weight excluding hydrogens is 240 g/mol. The van der Waals surface area contributed by atoms with Crippen molar-refractivity contribution in [2.24, 2.45) is 11.3 Å². The van der Waals surface area contributed by atoms with Gasteiger partial charge >= 0.3 is 0 Å². The molecule has 0 unspecified atom stereocenters. The summed E-state index contributed by atoms with van der Waals surface area (Å²) in [6, 6.07) is 0.769. The van der Waals surface area contributed by atoms with Crippen LogP contribution in [0, 0.1) is 11.3 Å². The highest BCUT2D eigenvalue weighted by molar-refractivity contribution is 5.84. The van der Waals surface area contributed by atoms with E-state index in [2.05, 4.69) is 33.0 Å². The topological polar surface area (TPSA) is 41.6 Å². The van der Waals surface area contributed by atoms with Gasteiger partial charge in [-0.25, -0.2) is 0 Å². The normalized spacial score (nSPS) is 40.7. The maximum Gasteiger partial charge on any atom is 0.240 e. The van der Waals surface area contributed by atoms with Crippen molar-refractivity contribution in [1.29, 1.82) is 0 Å². The van der Waals surface area contributed by atoms with Crippen LogP contribution in [0.2, 0.25) is 0 Å². The van der Waals surface area contributed by atoms with Crippen LogP contribution < -0.4 is 5.32 Å². The highest BCUT2D eigenvalue weighted by atomic mass is 16.5. The molecular formula is C15H26N2O2. The van der Waals surface area contributed by atoms with Gasteiger partial charge in [0.2, 0.25) is 5.91 Å². The molecule has 2 aliphatic heterocycles. The van der Waals surface area contributed by atoms with Crippen molar-refractivity contribution >= 4 is 5.91 Å². The Morgan fingerprint density at radius 2 is 2.11 bits per heavy atom. The van der Waals surface area contributed by atoms with Gasteiger partial charge in [-0.15, -0.1) is 0 Å². The Labute approximate surface area is 115 Å². The summed E-state index contributed by atoms with van der Waals surface area (Å²) in [4.78, 5) is 14.3. The molecule has 0 aromatic rings. The highest BCUT2D eigenvalue weighted by Gasteiger charge is 2.60. The van der Waals surface area contributed by atoms with E-state index in [-0.39, 0.29) is 17.4 Å². The van der Waals surface area contributed by atoms with Gasteiger partial charge in [0.25, 0.3) is 0 Å². The van der Waals surface area contributed by atoms with E-state index >= 15 is 0 Å². The van der Waals surface area contributed by atoms with Crippen LogP contribution in [0.3, 0.4) is 0 Å². The van der Waals surface area contributed by atoms with E-state index in [4.69, 9.17) is 4.74 Å². The lowest BCUT2D eigenvalue weighted by molar-refractivity contribution is -0.136. The monoisotopic (exact) mass is 266 g/mol. The smallest absolute Gasteiger partial charge is 0.240 e. The summed E-state index contributed by atoms with van der Waals surface area (Å²) in [6.07, 6.45) is 2.48. The molecule has 19 heavy (non-hydrogen) atoms. The van der Waals surface area contributed by atoms with Crippen molar-refractivity contribution in [2.45, 2.75) is 64.8 Å². The van der Waals surface area contributed by atoms with Gasteiger partial charge in [-0.05, 0) is 26.7 Å². The minimum atomic E-state index is 0.0215. The molecule has 0 spiro atoms. The lowest BCUT2D eigenvalue weighted by Crippen LogP contribution is -2.68. The standard InChI is InChI=1S/C15H26N2O2/c1-9(2)17-7-5-11(14(17)18)16-12-10-6-8-19-13(10)15(12,3)4/h9-13,16H,5-8H2,1-4H3/t10-,11-,12+,13+/m0/s1. The van der Waals surface area contributed by atoms with Crippen molar-refractivity contribution in [3.63, 3.8) is 0 Å². The first-order chi connectivity index (χ1) is 8.93. The lowest BCUT2D eigenvalue weighted by atomic mass is 9.57. The molecule has 3 aliphatic rings. The van der Waals surface area contributed by atoms with Crippen LogP contribution in [0.5, 0.6) is 0 Å². The highest BCUT2D eigenvalue weighted by Crippen LogP contribution is 2.52. The molecule has 0 aromatic heterocycles. The Balaban J connectivity index is 1.65. The van der Waals surface area contributed by atoms with Gasteiger partial charge in [0.1, 0.15) is 0 Å². The van der Waals surface area contributed by atoms with Crippen LogP contribution in [0.25, 0.3) is 0 Å². The number of fused-ring (bicyclic) bond motifs is 1. The van der Waals surface area contributed by atoms with Crippen LogP contribution in [-0.2, 0) is 9.53 Å². The van der Waals surface area contributed by atoms with E-state index in [0.717, 1.165) is 26.0 Å². The molecule has 2 saturated heterocycles. The SMILES string of the molecule is CC(C)N1CC[C@H](N[C@@H]2[C@@H]3CCO[C@H]3C2(C)C)C1=O. The van der Waals surface area contributed by atoms with Crippen molar-refractivity contribution in [1.82, 2.24) is 10.2 Å². The summed E-state index contributed by atoms with van der Waals surface area (Å²) in [5.74, 6) is 0.893. The maximum atomic E-state index is 12.4. The number of nitrogens with zero attached hydrogens (tertiary/aromatic N) is 1. The molecule has 4 atom stereocenters. The number of carbonyl (C=O) groups is 1. The summed E-state index contributed by atoms with van der Waals surface area (Å²) in [7, 11) is 0. The zero-order valence-electron chi connectivity index (χ0n) is 12.5. The number of likely N-dealkylation sites (tertiary alicyclic amines) is 1. The molecule has 1 aliphatic carbocycles. The molecule has 1 N–H and O–H groups in total. The number of hydrogen-bond acceptors (Lipinski definition) is 3. The van der Waals surface area contributed by atoms with Crippen LogP contribution >= 0.6 is 0 Å². The zero-order valence-corrected chi connectivity index (χ0v) is 12.5. The molecule has 0 bridgehead atoms. The second-order valence-electron chi connectivity index (χ2n) is 7.18. The third-order valence-corrected chi connectivity index (χ3v) is 5.34. The number of nitrogens with one attached hydrogen (secondary N) is 1. The number of rotatable bonds is 3. The molecule has 3 fully saturated rings. The molecule has 1 saturated carbocycles. The van der Waals surface area contributed by atoms with E-state index in [1.165, 1.54) is 0 Å². The summed E-state index contributed by atoms with van der Waals surface area (Å²) in [5.41, 5.74) is 0.159. The van der Waals surface area contributed by atoms with Gasteiger partial charge in [0, 0.05) is 36.6 Å². The van der Waals surface area contributed by atoms with Crippen molar-refractivity contribution < 1.29 is 9.53 Å². The molecule has 4 nitrogen and oxygen atoms in total. The van der Waals surface area contributed by atoms with E-state index < -0.39 is 0 Å². The minimum absolute atomic E-state index is 0.0215. The molecule has 108 valence electrons. The quantitative estimate of drug-likeness (QED) is 0.839. The molecule has 2 heterocycles. The fraction of sp³-hybridized carbons (Fsp3) is 0.933. The summed E-state index contributed by atoms with van der Waals surface area (Å²) >= 11 is 0. The summed E-state index contributed by atoms with van der Waals surface area (Å²) in [6.45, 7) is 10.5. The van der Waals surface area contributed by atoms with Gasteiger partial charge < -0.3 is 15.0 Å². The first kappa shape index (κ1) is 13.4. The average molecular weight is 266 g/mol. The van der Waals surface area contributed by atoms with E-state index in [1.54, 1.807) is 0 Å². The number of amides is 1. The fourth-order valence-electron chi connectivity index (χ4n) is 4.25. The third-order valence-electron chi connectivity index (χ3n) is 5.34. The van der Waals surface area contributed by atoms with Crippen LogP contribution in [-0.4, -0.2) is 48.2 Å². The molecule has 0 radical (unpaired) electrons. The number of carbonyl (C=O) groups excluding carboxylic acids is 1. The maximum absolute atomic E-state index is 12.4. The summed E-state index contributed by atoms with van der Waals surface area (Å²) < 4.78 is 5.81. The summed E-state index contributed by atoms with van der Waals surface area (Å²) in [5, 5.41) is 3.64. The molecule has 4 heteroatoms. The van der Waals surface area contributed by atoms with E-state index in [9.17, 15) is 4.79 Å². The first-order valence-electron chi connectivity index (χ1n) is 7.61. The molecule has 3 rings (SSSR count). The van der Waals surface area contributed by atoms with Crippen LogP contribution in [0.15, 0.2) is 0 Å². The fourth-order valence-corrected chi connectivity index (χ4v) is 4.25. The van der Waals surface area contributed by atoms with E-state index in [1.807, 2.05) is 4.90 Å². The van der Waals surface area contributed by atoms with E-state index in [0.29, 0.717) is 24.1 Å². The third kappa shape index (κ3) is 1.91. The average Bonchev–Trinajstić information content (AvgIpc) is 2.91.